The molecule has 0 spiro atoms. The molecule has 1 aliphatic heterocycles. The average molecular weight is 417 g/mol. The quantitative estimate of drug-likeness (QED) is 0.702. The molecule has 0 bridgehead atoms. The van der Waals surface area contributed by atoms with Gasteiger partial charge in [-0.2, -0.15) is 4.31 Å². The van der Waals surface area contributed by atoms with E-state index in [0.29, 0.717) is 25.1 Å². The third kappa shape index (κ3) is 4.75. The lowest BCUT2D eigenvalue weighted by Crippen LogP contribution is -2.50. The van der Waals surface area contributed by atoms with Crippen molar-refractivity contribution in [1.29, 1.82) is 0 Å². The van der Waals surface area contributed by atoms with Gasteiger partial charge in [-0.05, 0) is 62.2 Å². The van der Waals surface area contributed by atoms with Gasteiger partial charge in [0.1, 0.15) is 0 Å². The zero-order valence-corrected chi connectivity index (χ0v) is 16.8. The molecule has 1 fully saturated rings. The van der Waals surface area contributed by atoms with E-state index in [1.54, 1.807) is 6.07 Å². The number of anilines is 1. The van der Waals surface area contributed by atoms with Crippen LogP contribution < -0.4 is 10.6 Å². The average Bonchev–Trinajstić information content (AvgIpc) is 3.23. The van der Waals surface area contributed by atoms with Gasteiger partial charge in [0.05, 0.1) is 11.2 Å². The number of nitrogens with one attached hydrogen (secondary N) is 2. The van der Waals surface area contributed by atoms with Crippen molar-refractivity contribution in [3.63, 3.8) is 0 Å². The highest BCUT2D eigenvalue weighted by Crippen LogP contribution is 2.26. The van der Waals surface area contributed by atoms with Gasteiger partial charge < -0.3 is 15.1 Å². The third-order valence-electron chi connectivity index (χ3n) is 4.81. The molecule has 1 aromatic heterocycles. The van der Waals surface area contributed by atoms with E-state index in [4.69, 9.17) is 4.42 Å². The van der Waals surface area contributed by atoms with Gasteiger partial charge >= 0.3 is 0 Å². The lowest BCUT2D eigenvalue weighted by molar-refractivity contribution is -0.117. The molecular weight excluding hydrogens is 394 g/mol. The molecule has 2 N–H and O–H groups in total. The van der Waals surface area contributed by atoms with E-state index >= 15 is 0 Å². The summed E-state index contributed by atoms with van der Waals surface area (Å²) < 4.78 is 32.5. The summed E-state index contributed by atoms with van der Waals surface area (Å²) in [7, 11) is -3.69. The Morgan fingerprint density at radius 1 is 1.24 bits per heavy atom. The van der Waals surface area contributed by atoms with Gasteiger partial charge in [-0.3, -0.25) is 9.59 Å². The molecule has 9 heteroatoms. The van der Waals surface area contributed by atoms with Crippen LogP contribution in [0.1, 0.15) is 30.3 Å². The molecule has 1 saturated heterocycles. The Balaban J connectivity index is 1.67. The highest BCUT2D eigenvalue weighted by atomic mass is 32.2. The maximum atomic E-state index is 13.0. The minimum absolute atomic E-state index is 0.0823. The van der Waals surface area contributed by atoms with Crippen LogP contribution in [0.25, 0.3) is 0 Å². The summed E-state index contributed by atoms with van der Waals surface area (Å²) in [5.74, 6) is -0.504. The molecule has 0 radical (unpaired) electrons. The van der Waals surface area contributed by atoms with Gasteiger partial charge in [-0.15, -0.1) is 0 Å². The van der Waals surface area contributed by atoms with Crippen molar-refractivity contribution in [2.45, 2.75) is 36.7 Å². The van der Waals surface area contributed by atoms with Crippen LogP contribution in [0.3, 0.4) is 0 Å². The van der Waals surface area contributed by atoms with Gasteiger partial charge in [0.15, 0.2) is 5.76 Å². The van der Waals surface area contributed by atoms with Crippen LogP contribution in [0.15, 0.2) is 64.6 Å². The number of sulfonamides is 1. The van der Waals surface area contributed by atoms with Gasteiger partial charge in [-0.1, -0.05) is 6.58 Å². The molecule has 3 rings (SSSR count). The Kier molecular flexibility index (Phi) is 6.19. The maximum Gasteiger partial charge on any atom is 0.291 e. The Morgan fingerprint density at radius 3 is 2.55 bits per heavy atom. The van der Waals surface area contributed by atoms with Gasteiger partial charge in [0.25, 0.3) is 5.91 Å². The summed E-state index contributed by atoms with van der Waals surface area (Å²) in [5.41, 5.74) is 0.462. The summed E-state index contributed by atoms with van der Waals surface area (Å²) in [5, 5.41) is 5.47. The molecule has 2 heterocycles. The summed E-state index contributed by atoms with van der Waals surface area (Å²) in [6.45, 7) is 5.56. The van der Waals surface area contributed by atoms with Crippen LogP contribution in [0.4, 0.5) is 5.69 Å². The highest BCUT2D eigenvalue weighted by molar-refractivity contribution is 7.89. The highest BCUT2D eigenvalue weighted by Gasteiger charge is 2.34. The van der Waals surface area contributed by atoms with E-state index in [1.165, 1.54) is 47.0 Å². The van der Waals surface area contributed by atoms with Crippen LogP contribution in [0.5, 0.6) is 0 Å². The van der Waals surface area contributed by atoms with Crippen molar-refractivity contribution < 1.29 is 22.4 Å². The SMILES string of the molecule is C=CC(=O)NC1CCN(S(=O)(=O)c2ccc(NC(=O)c3ccco3)cc2)C(C)C1. The predicted octanol–water partition coefficient (Wildman–Crippen LogP) is 2.38. The minimum Gasteiger partial charge on any atom is -0.459 e. The van der Waals surface area contributed by atoms with Crippen LogP contribution in [0.2, 0.25) is 0 Å². The smallest absolute Gasteiger partial charge is 0.291 e. The van der Waals surface area contributed by atoms with Crippen LogP contribution in [0, 0.1) is 0 Å². The Hall–Kier alpha value is -2.91. The molecule has 0 saturated carbocycles. The fourth-order valence-electron chi connectivity index (χ4n) is 3.35. The Labute approximate surface area is 169 Å². The molecule has 29 heavy (non-hydrogen) atoms. The number of carbonyl (C=O) groups excluding carboxylic acids is 2. The molecule has 1 aromatic carbocycles. The van der Waals surface area contributed by atoms with E-state index in [-0.39, 0.29) is 28.6 Å². The van der Waals surface area contributed by atoms with E-state index in [1.807, 2.05) is 6.92 Å². The molecule has 154 valence electrons. The second-order valence-electron chi connectivity index (χ2n) is 6.85. The van der Waals surface area contributed by atoms with Gasteiger partial charge in [0, 0.05) is 24.3 Å². The van der Waals surface area contributed by atoms with Crippen molar-refractivity contribution in [2.24, 2.45) is 0 Å². The van der Waals surface area contributed by atoms with Gasteiger partial charge in [-0.25, -0.2) is 8.42 Å². The maximum absolute atomic E-state index is 13.0. The van der Waals surface area contributed by atoms with Crippen molar-refractivity contribution in [3.05, 3.63) is 61.1 Å². The number of carbonyl (C=O) groups is 2. The molecule has 2 unspecified atom stereocenters. The molecule has 2 amide bonds. The lowest BCUT2D eigenvalue weighted by atomic mass is 10.0. The zero-order chi connectivity index (χ0) is 21.0. The summed E-state index contributed by atoms with van der Waals surface area (Å²) >= 11 is 0. The predicted molar refractivity (Wildman–Crippen MR) is 108 cm³/mol. The van der Waals surface area contributed by atoms with Crippen molar-refractivity contribution >= 4 is 27.5 Å². The van der Waals surface area contributed by atoms with Crippen LogP contribution in [-0.4, -0.2) is 43.2 Å². The number of nitrogens with zero attached hydrogens (tertiary/aromatic N) is 1. The van der Waals surface area contributed by atoms with E-state index < -0.39 is 15.9 Å². The molecule has 2 aromatic rings. The van der Waals surface area contributed by atoms with Gasteiger partial charge in [0.2, 0.25) is 15.9 Å². The minimum atomic E-state index is -3.69. The van der Waals surface area contributed by atoms with E-state index in [2.05, 4.69) is 17.2 Å². The fraction of sp³-hybridized carbons (Fsp3) is 0.300. The summed E-state index contributed by atoms with van der Waals surface area (Å²) in [6.07, 6.45) is 3.66. The van der Waals surface area contributed by atoms with E-state index in [9.17, 15) is 18.0 Å². The van der Waals surface area contributed by atoms with Crippen molar-refractivity contribution in [2.75, 3.05) is 11.9 Å². The first-order valence-corrected chi connectivity index (χ1v) is 10.6. The first-order valence-electron chi connectivity index (χ1n) is 9.21. The first-order chi connectivity index (χ1) is 13.8. The number of amides is 2. The second kappa shape index (κ2) is 8.62. The molecule has 2 atom stereocenters. The second-order valence-corrected chi connectivity index (χ2v) is 8.75. The Bertz CT molecular complexity index is 984. The number of furan rings is 1. The number of hydrogen-bond donors (Lipinski definition) is 2. The van der Waals surface area contributed by atoms with Crippen molar-refractivity contribution in [1.82, 2.24) is 9.62 Å². The third-order valence-corrected chi connectivity index (χ3v) is 6.84. The summed E-state index contributed by atoms with van der Waals surface area (Å²) in [4.78, 5) is 23.6. The zero-order valence-electron chi connectivity index (χ0n) is 16.0. The number of benzene rings is 1. The number of hydrogen-bond acceptors (Lipinski definition) is 5. The topological polar surface area (TPSA) is 109 Å². The number of rotatable bonds is 6. The fourth-order valence-corrected chi connectivity index (χ4v) is 5.00. The first kappa shape index (κ1) is 20.8. The monoisotopic (exact) mass is 417 g/mol. The molecule has 8 nitrogen and oxygen atoms in total. The lowest BCUT2D eigenvalue weighted by Gasteiger charge is -2.36. The molecule has 1 aliphatic rings. The van der Waals surface area contributed by atoms with Crippen LogP contribution >= 0.6 is 0 Å². The standard InChI is InChI=1S/C20H23N3O5S/c1-3-19(24)21-16-10-11-23(14(2)13-16)29(26,27)17-8-6-15(7-9-17)22-20(25)18-5-4-12-28-18/h3-9,12,14,16H,1,10-11,13H2,2H3,(H,21,24)(H,22,25). The Morgan fingerprint density at radius 2 is 1.97 bits per heavy atom. The summed E-state index contributed by atoms with van der Waals surface area (Å²) in [6, 6.07) is 8.80. The molecule has 0 aliphatic carbocycles. The van der Waals surface area contributed by atoms with Crippen LogP contribution in [-0.2, 0) is 14.8 Å². The largest absolute Gasteiger partial charge is 0.459 e. The number of piperidine rings is 1. The van der Waals surface area contributed by atoms with E-state index in [0.717, 1.165) is 0 Å². The molecular formula is C20H23N3O5S. The normalized spacial score (nSPS) is 20.0. The van der Waals surface area contributed by atoms with Crippen molar-refractivity contribution in [3.8, 4) is 0 Å².